The summed E-state index contributed by atoms with van der Waals surface area (Å²) in [6.07, 6.45) is -1.83. The molecule has 0 bridgehead atoms. The maximum absolute atomic E-state index is 12.8. The first-order chi connectivity index (χ1) is 14.6. The van der Waals surface area contributed by atoms with Gasteiger partial charge in [0.2, 0.25) is 15.9 Å². The van der Waals surface area contributed by atoms with Crippen LogP contribution >= 0.6 is 11.3 Å². The molecule has 1 saturated carbocycles. The van der Waals surface area contributed by atoms with Crippen LogP contribution in [0.3, 0.4) is 0 Å². The van der Waals surface area contributed by atoms with Gasteiger partial charge in [-0.3, -0.25) is 0 Å². The Morgan fingerprint density at radius 3 is 2.39 bits per heavy atom. The summed E-state index contributed by atoms with van der Waals surface area (Å²) in [5.41, 5.74) is 1.80. The summed E-state index contributed by atoms with van der Waals surface area (Å²) in [4.78, 5) is 11.1. The molecule has 0 spiro atoms. The van der Waals surface area contributed by atoms with Crippen LogP contribution in [0.25, 0.3) is 10.6 Å². The largest absolute Gasteiger partial charge is 0.503 e. The van der Waals surface area contributed by atoms with E-state index in [9.17, 15) is 8.42 Å². The molecule has 2 heterocycles. The van der Waals surface area contributed by atoms with Crippen molar-refractivity contribution in [1.82, 2.24) is 9.88 Å². The molecule has 31 heavy (non-hydrogen) atoms. The molecule has 1 aliphatic carbocycles. The Balaban J connectivity index is 0.000000628. The van der Waals surface area contributed by atoms with E-state index in [0.29, 0.717) is 11.6 Å². The zero-order chi connectivity index (χ0) is 22.8. The number of nitrogens with one attached hydrogen (secondary N) is 1. The van der Waals surface area contributed by atoms with E-state index >= 15 is 0 Å². The first-order valence-corrected chi connectivity index (χ1v) is 11.6. The summed E-state index contributed by atoms with van der Waals surface area (Å²) >= 11 is 1.19. The monoisotopic (exact) mass is 465 g/mol. The highest BCUT2D eigenvalue weighted by molar-refractivity contribution is 7.91. The van der Waals surface area contributed by atoms with E-state index in [4.69, 9.17) is 19.5 Å². The van der Waals surface area contributed by atoms with Gasteiger partial charge in [0.15, 0.2) is 0 Å². The number of aromatic nitrogens is 1. The van der Waals surface area contributed by atoms with Crippen LogP contribution in [0, 0.1) is 5.92 Å². The molecule has 166 valence electrons. The lowest BCUT2D eigenvalue weighted by molar-refractivity contribution is 0.137. The van der Waals surface area contributed by atoms with Crippen LogP contribution < -0.4 is 9.62 Å². The van der Waals surface area contributed by atoms with Crippen LogP contribution in [0.15, 0.2) is 57.3 Å². The van der Waals surface area contributed by atoms with Gasteiger partial charge in [0, 0.05) is 32.1 Å². The van der Waals surface area contributed by atoms with Gasteiger partial charge in [-0.05, 0) is 23.6 Å². The molecule has 1 aromatic carbocycles. The molecule has 0 amide bonds. The molecule has 3 aromatic rings. The third kappa shape index (κ3) is 5.43. The second-order valence-corrected chi connectivity index (χ2v) is 10.3. The summed E-state index contributed by atoms with van der Waals surface area (Å²) in [6, 6.07) is 15.1. The average molecular weight is 466 g/mol. The lowest BCUT2D eigenvalue weighted by Gasteiger charge is -2.04. The summed E-state index contributed by atoms with van der Waals surface area (Å²) < 4.78 is 34.0. The fraction of sp³-hybridized carbons (Fsp3) is 0.300. The highest BCUT2D eigenvalue weighted by atomic mass is 32.2. The number of carboxylic acid groups (broad SMARTS) is 2. The van der Waals surface area contributed by atoms with E-state index in [2.05, 4.69) is 16.8 Å². The topological polar surface area (TPSA) is 133 Å². The molecular weight excluding hydrogens is 442 g/mol. The van der Waals surface area contributed by atoms with E-state index in [1.165, 1.54) is 16.9 Å². The van der Waals surface area contributed by atoms with E-state index in [-0.39, 0.29) is 22.1 Å². The maximum Gasteiger partial charge on any atom is 0.503 e. The number of anilines is 1. The number of carbonyl (C=O) groups is 1. The van der Waals surface area contributed by atoms with Crippen molar-refractivity contribution in [2.24, 2.45) is 5.92 Å². The van der Waals surface area contributed by atoms with Crippen molar-refractivity contribution in [1.29, 1.82) is 0 Å². The highest BCUT2D eigenvalue weighted by Crippen LogP contribution is 2.48. The SMILES string of the molecule is C[C@H]1[C@H](NS(=O)(=O)c2ccc(-c3cc(N(C)C)on3)s2)[C@H]1c1ccccc1.O=C(O)O. The Labute approximate surface area is 184 Å². The molecule has 0 radical (unpaired) electrons. The molecule has 9 nitrogen and oxygen atoms in total. The molecule has 1 aliphatic rings. The van der Waals surface area contributed by atoms with Gasteiger partial charge in [-0.15, -0.1) is 11.3 Å². The number of sulfonamides is 1. The normalized spacial score (nSPS) is 19.9. The quantitative estimate of drug-likeness (QED) is 0.501. The van der Waals surface area contributed by atoms with Crippen molar-refractivity contribution in [2.75, 3.05) is 19.0 Å². The minimum atomic E-state index is -3.57. The van der Waals surface area contributed by atoms with E-state index in [1.807, 2.05) is 49.3 Å². The number of hydrogen-bond donors (Lipinski definition) is 3. The molecule has 2 aromatic heterocycles. The van der Waals surface area contributed by atoms with Gasteiger partial charge in [0.05, 0.1) is 4.88 Å². The molecule has 3 atom stereocenters. The van der Waals surface area contributed by atoms with Gasteiger partial charge in [0.25, 0.3) is 0 Å². The van der Waals surface area contributed by atoms with Crippen LogP contribution in [0.4, 0.5) is 10.7 Å². The number of thiophene rings is 1. The van der Waals surface area contributed by atoms with Crippen molar-refractivity contribution in [3.8, 4) is 10.6 Å². The third-order valence-electron chi connectivity index (χ3n) is 4.89. The van der Waals surface area contributed by atoms with Gasteiger partial charge < -0.3 is 19.6 Å². The molecule has 0 saturated heterocycles. The van der Waals surface area contributed by atoms with Crippen molar-refractivity contribution in [2.45, 2.75) is 23.1 Å². The predicted octanol–water partition coefficient (Wildman–Crippen LogP) is 3.77. The van der Waals surface area contributed by atoms with Gasteiger partial charge >= 0.3 is 6.16 Å². The first kappa shape index (κ1) is 22.8. The molecule has 11 heteroatoms. The Bertz CT molecular complexity index is 1140. The Morgan fingerprint density at radius 1 is 1.16 bits per heavy atom. The Hall–Kier alpha value is -2.89. The Kier molecular flexibility index (Phi) is 6.68. The summed E-state index contributed by atoms with van der Waals surface area (Å²) in [6.45, 7) is 2.07. The van der Waals surface area contributed by atoms with Crippen molar-refractivity contribution >= 4 is 33.4 Å². The van der Waals surface area contributed by atoms with Crippen molar-refractivity contribution in [3.05, 3.63) is 54.1 Å². The third-order valence-corrected chi connectivity index (χ3v) is 7.95. The molecule has 0 aliphatic heterocycles. The molecule has 1 fully saturated rings. The fourth-order valence-corrected chi connectivity index (χ4v) is 5.89. The van der Waals surface area contributed by atoms with Gasteiger partial charge in [-0.25, -0.2) is 17.9 Å². The van der Waals surface area contributed by atoms with Crippen LogP contribution in [0.2, 0.25) is 0 Å². The summed E-state index contributed by atoms with van der Waals surface area (Å²) in [7, 11) is 0.151. The van der Waals surface area contributed by atoms with E-state index in [0.717, 1.165) is 4.88 Å². The predicted molar refractivity (Wildman–Crippen MR) is 117 cm³/mol. The molecular formula is C20H23N3O6S2. The van der Waals surface area contributed by atoms with E-state index in [1.54, 1.807) is 18.2 Å². The lowest BCUT2D eigenvalue weighted by atomic mass is 10.1. The van der Waals surface area contributed by atoms with Crippen LogP contribution in [-0.4, -0.2) is 50.1 Å². The smallest absolute Gasteiger partial charge is 0.450 e. The number of hydrogen-bond acceptors (Lipinski definition) is 7. The first-order valence-electron chi connectivity index (χ1n) is 9.33. The molecule has 0 unspecified atom stereocenters. The summed E-state index contributed by atoms with van der Waals surface area (Å²) in [5, 5.41) is 18.0. The molecule has 4 rings (SSSR count). The Morgan fingerprint density at radius 2 is 1.81 bits per heavy atom. The maximum atomic E-state index is 12.8. The second kappa shape index (κ2) is 9.08. The fourth-order valence-electron chi connectivity index (χ4n) is 3.26. The summed E-state index contributed by atoms with van der Waals surface area (Å²) in [5.74, 6) is 1.12. The number of benzene rings is 1. The zero-order valence-corrected chi connectivity index (χ0v) is 18.7. The lowest BCUT2D eigenvalue weighted by Crippen LogP contribution is -2.27. The average Bonchev–Trinajstić information content (AvgIpc) is 3.15. The van der Waals surface area contributed by atoms with Gasteiger partial charge in [-0.1, -0.05) is 42.4 Å². The highest BCUT2D eigenvalue weighted by Gasteiger charge is 2.49. The van der Waals surface area contributed by atoms with E-state index < -0.39 is 16.2 Å². The zero-order valence-electron chi connectivity index (χ0n) is 17.1. The van der Waals surface area contributed by atoms with Crippen LogP contribution in [0.5, 0.6) is 0 Å². The minimum Gasteiger partial charge on any atom is -0.450 e. The van der Waals surface area contributed by atoms with Crippen molar-refractivity contribution in [3.63, 3.8) is 0 Å². The molecule has 3 N–H and O–H groups in total. The standard InChI is InChI=1S/C19H21N3O3S2.CH2O3/c1-12-18(13-7-5-4-6-8-13)19(12)21-27(23,24)17-10-9-15(26-17)14-11-16(22(2)3)25-20-14;2-1(3)4/h4-12,18-19,21H,1-3H3;(H2,2,3,4)/t12-,18-,19+;/m1./s1. The van der Waals surface area contributed by atoms with Crippen LogP contribution in [0.1, 0.15) is 18.4 Å². The van der Waals surface area contributed by atoms with Crippen LogP contribution in [-0.2, 0) is 10.0 Å². The van der Waals surface area contributed by atoms with Gasteiger partial charge in [0.1, 0.15) is 9.90 Å². The van der Waals surface area contributed by atoms with Gasteiger partial charge in [-0.2, -0.15) is 0 Å². The number of nitrogens with zero attached hydrogens (tertiary/aromatic N) is 2. The second-order valence-electron chi connectivity index (χ2n) is 7.29. The number of rotatable bonds is 6. The minimum absolute atomic E-state index is 0.0738. The van der Waals surface area contributed by atoms with Crippen molar-refractivity contribution < 1.29 is 27.9 Å².